The topological polar surface area (TPSA) is 53.2 Å². The summed E-state index contributed by atoms with van der Waals surface area (Å²) >= 11 is 5.64. The number of rotatable bonds is 2. The van der Waals surface area contributed by atoms with E-state index in [0.717, 1.165) is 16.6 Å². The van der Waals surface area contributed by atoms with E-state index in [1.54, 1.807) is 0 Å². The van der Waals surface area contributed by atoms with E-state index in [-0.39, 0.29) is 11.5 Å². The number of fused-ring (bicyclic) bond motifs is 3. The first-order valence-corrected chi connectivity index (χ1v) is 7.20. The number of aromatic nitrogens is 1. The molecule has 0 saturated carbocycles. The molecule has 0 fully saturated rings. The first kappa shape index (κ1) is 13.2. The lowest BCUT2D eigenvalue weighted by Crippen LogP contribution is -2.37. The smallest absolute Gasteiger partial charge is 0.256 e. The second-order valence-corrected chi connectivity index (χ2v) is 5.34. The van der Waals surface area contributed by atoms with Gasteiger partial charge in [0.2, 0.25) is 5.91 Å². The first-order valence-electron chi connectivity index (χ1n) is 6.67. The van der Waals surface area contributed by atoms with Crippen LogP contribution in [0.2, 0.25) is 0 Å². The highest BCUT2D eigenvalue weighted by atomic mass is 35.5. The van der Waals surface area contributed by atoms with E-state index in [1.165, 1.54) is 0 Å². The van der Waals surface area contributed by atoms with Gasteiger partial charge >= 0.3 is 0 Å². The SMILES string of the molecule is O=C(CCCl)N1CCc2[nH]c(=O)c3ccccc3c2C1. The second kappa shape index (κ2) is 5.29. The van der Waals surface area contributed by atoms with E-state index in [0.29, 0.717) is 37.2 Å². The van der Waals surface area contributed by atoms with Gasteiger partial charge in [0, 0.05) is 42.9 Å². The molecule has 3 rings (SSSR count). The zero-order valence-corrected chi connectivity index (χ0v) is 11.7. The van der Waals surface area contributed by atoms with Gasteiger partial charge in [0.1, 0.15) is 0 Å². The van der Waals surface area contributed by atoms with E-state index in [9.17, 15) is 9.59 Å². The number of nitrogens with one attached hydrogen (secondary N) is 1. The standard InChI is InChI=1S/C15H15ClN2O2/c16-7-5-14(19)18-8-6-13-12(9-18)10-3-1-2-4-11(10)15(20)17-13/h1-4H,5-9H2,(H,17,20). The molecule has 0 saturated heterocycles. The quantitative estimate of drug-likeness (QED) is 0.861. The summed E-state index contributed by atoms with van der Waals surface area (Å²) in [7, 11) is 0. The summed E-state index contributed by atoms with van der Waals surface area (Å²) < 4.78 is 0. The van der Waals surface area contributed by atoms with Crippen LogP contribution in [0, 0.1) is 0 Å². The van der Waals surface area contributed by atoms with Crippen molar-refractivity contribution in [3.8, 4) is 0 Å². The Labute approximate surface area is 121 Å². The molecule has 2 heterocycles. The number of amides is 1. The van der Waals surface area contributed by atoms with Gasteiger partial charge in [0.05, 0.1) is 0 Å². The summed E-state index contributed by atoms with van der Waals surface area (Å²) in [6.45, 7) is 1.18. The van der Waals surface area contributed by atoms with Crippen molar-refractivity contribution in [2.75, 3.05) is 12.4 Å². The van der Waals surface area contributed by atoms with Crippen molar-refractivity contribution in [1.82, 2.24) is 9.88 Å². The predicted octanol–water partition coefficient (Wildman–Crippen LogP) is 2.04. The van der Waals surface area contributed by atoms with Gasteiger partial charge in [0.25, 0.3) is 5.56 Å². The van der Waals surface area contributed by atoms with Gasteiger partial charge in [-0.15, -0.1) is 11.6 Å². The summed E-state index contributed by atoms with van der Waals surface area (Å²) in [5, 5.41) is 1.62. The highest BCUT2D eigenvalue weighted by Gasteiger charge is 2.22. The molecule has 0 bridgehead atoms. The summed E-state index contributed by atoms with van der Waals surface area (Å²) in [5.74, 6) is 0.412. The molecule has 0 aliphatic carbocycles. The number of H-pyrrole nitrogens is 1. The van der Waals surface area contributed by atoms with Gasteiger partial charge in [-0.25, -0.2) is 0 Å². The van der Waals surface area contributed by atoms with Crippen LogP contribution in [-0.4, -0.2) is 28.2 Å². The normalized spacial score (nSPS) is 14.3. The average molecular weight is 291 g/mol. The van der Waals surface area contributed by atoms with E-state index in [4.69, 9.17) is 11.6 Å². The Morgan fingerprint density at radius 1 is 1.30 bits per heavy atom. The second-order valence-electron chi connectivity index (χ2n) is 4.96. The summed E-state index contributed by atoms with van der Waals surface area (Å²) in [6.07, 6.45) is 1.04. The summed E-state index contributed by atoms with van der Waals surface area (Å²) in [6, 6.07) is 7.53. The molecule has 1 aromatic carbocycles. The van der Waals surface area contributed by atoms with E-state index in [1.807, 2.05) is 29.2 Å². The highest BCUT2D eigenvalue weighted by molar-refractivity contribution is 6.18. The Morgan fingerprint density at radius 3 is 2.80 bits per heavy atom. The van der Waals surface area contributed by atoms with Crippen LogP contribution in [0.25, 0.3) is 10.8 Å². The Morgan fingerprint density at radius 2 is 2.05 bits per heavy atom. The van der Waals surface area contributed by atoms with Crippen LogP contribution in [0.15, 0.2) is 29.1 Å². The van der Waals surface area contributed by atoms with E-state index < -0.39 is 0 Å². The molecular formula is C15H15ClN2O2. The molecule has 2 aromatic rings. The van der Waals surface area contributed by atoms with Crippen LogP contribution in [0.1, 0.15) is 17.7 Å². The third-order valence-corrected chi connectivity index (χ3v) is 3.96. The molecule has 104 valence electrons. The zero-order chi connectivity index (χ0) is 14.1. The lowest BCUT2D eigenvalue weighted by molar-refractivity contribution is -0.131. The summed E-state index contributed by atoms with van der Waals surface area (Å²) in [5.41, 5.74) is 1.94. The molecule has 1 aliphatic heterocycles. The van der Waals surface area contributed by atoms with Crippen LogP contribution < -0.4 is 5.56 Å². The number of carbonyl (C=O) groups excluding carboxylic acids is 1. The molecule has 0 radical (unpaired) electrons. The van der Waals surface area contributed by atoms with Gasteiger partial charge in [-0.3, -0.25) is 9.59 Å². The fraction of sp³-hybridized carbons (Fsp3) is 0.333. The monoisotopic (exact) mass is 290 g/mol. The number of pyridine rings is 1. The molecule has 1 aromatic heterocycles. The highest BCUT2D eigenvalue weighted by Crippen LogP contribution is 2.24. The number of alkyl halides is 1. The molecule has 0 spiro atoms. The van der Waals surface area contributed by atoms with Crippen molar-refractivity contribution >= 4 is 28.3 Å². The number of hydrogen-bond donors (Lipinski definition) is 1. The van der Waals surface area contributed by atoms with Gasteiger partial charge < -0.3 is 9.88 Å². The maximum Gasteiger partial charge on any atom is 0.256 e. The molecule has 4 nitrogen and oxygen atoms in total. The van der Waals surface area contributed by atoms with Gasteiger partial charge in [-0.2, -0.15) is 0 Å². The van der Waals surface area contributed by atoms with Crippen molar-refractivity contribution in [3.05, 3.63) is 45.9 Å². The molecule has 5 heteroatoms. The molecule has 0 unspecified atom stereocenters. The summed E-state index contributed by atoms with van der Waals surface area (Å²) in [4.78, 5) is 28.8. The largest absolute Gasteiger partial charge is 0.338 e. The van der Waals surface area contributed by atoms with Crippen LogP contribution >= 0.6 is 11.6 Å². The fourth-order valence-corrected chi connectivity index (χ4v) is 2.91. The van der Waals surface area contributed by atoms with Crippen molar-refractivity contribution in [2.24, 2.45) is 0 Å². The fourth-order valence-electron chi connectivity index (χ4n) is 2.75. The number of halogens is 1. The molecule has 20 heavy (non-hydrogen) atoms. The Bertz CT molecular complexity index is 723. The number of carbonyl (C=O) groups is 1. The number of hydrogen-bond acceptors (Lipinski definition) is 2. The molecular weight excluding hydrogens is 276 g/mol. The first-order chi connectivity index (χ1) is 9.70. The number of nitrogens with zero attached hydrogens (tertiary/aromatic N) is 1. The van der Waals surface area contributed by atoms with Crippen LogP contribution in [0.4, 0.5) is 0 Å². The Hall–Kier alpha value is -1.81. The van der Waals surface area contributed by atoms with Gasteiger partial charge in [0.15, 0.2) is 0 Å². The van der Waals surface area contributed by atoms with Gasteiger partial charge in [-0.05, 0) is 17.0 Å². The number of benzene rings is 1. The van der Waals surface area contributed by atoms with Gasteiger partial charge in [-0.1, -0.05) is 18.2 Å². The number of aromatic amines is 1. The molecule has 1 amide bonds. The average Bonchev–Trinajstić information content (AvgIpc) is 2.47. The van der Waals surface area contributed by atoms with Crippen LogP contribution in [0.3, 0.4) is 0 Å². The minimum Gasteiger partial charge on any atom is -0.338 e. The lowest BCUT2D eigenvalue weighted by atomic mass is 9.99. The van der Waals surface area contributed by atoms with E-state index >= 15 is 0 Å². The Kier molecular flexibility index (Phi) is 3.49. The minimum atomic E-state index is -0.0557. The van der Waals surface area contributed by atoms with E-state index in [2.05, 4.69) is 4.98 Å². The van der Waals surface area contributed by atoms with Crippen molar-refractivity contribution in [3.63, 3.8) is 0 Å². The van der Waals surface area contributed by atoms with Crippen molar-refractivity contribution in [2.45, 2.75) is 19.4 Å². The zero-order valence-electron chi connectivity index (χ0n) is 11.0. The predicted molar refractivity (Wildman–Crippen MR) is 79.0 cm³/mol. The maximum atomic E-state index is 12.0. The van der Waals surface area contributed by atoms with Crippen molar-refractivity contribution in [1.29, 1.82) is 0 Å². The third kappa shape index (κ3) is 2.20. The molecule has 0 atom stereocenters. The molecule has 1 N–H and O–H groups in total. The Balaban J connectivity index is 2.06. The van der Waals surface area contributed by atoms with Crippen LogP contribution in [0.5, 0.6) is 0 Å². The third-order valence-electron chi connectivity index (χ3n) is 3.77. The molecule has 1 aliphatic rings. The maximum absolute atomic E-state index is 12.0. The van der Waals surface area contributed by atoms with Crippen molar-refractivity contribution < 1.29 is 4.79 Å². The lowest BCUT2D eigenvalue weighted by Gasteiger charge is -2.29. The van der Waals surface area contributed by atoms with Crippen LogP contribution in [-0.2, 0) is 17.8 Å². The minimum absolute atomic E-state index is 0.0557.